The highest BCUT2D eigenvalue weighted by Gasteiger charge is 2.60. The molecule has 0 spiro atoms. The molecule has 7 heteroatoms. The largest absolute Gasteiger partial charge is 0.430 e. The van der Waals surface area contributed by atoms with Crippen molar-refractivity contribution in [1.82, 2.24) is 5.32 Å². The van der Waals surface area contributed by atoms with E-state index < -0.39 is 29.1 Å². The monoisotopic (exact) mass is 355 g/mol. The Morgan fingerprint density at radius 3 is 2.00 bits per heavy atom. The minimum Gasteiger partial charge on any atom is -0.369 e. The number of alkyl halides is 3. The van der Waals surface area contributed by atoms with Crippen LogP contribution in [-0.4, -0.2) is 17.2 Å². The zero-order valence-electron chi connectivity index (χ0n) is 13.4. The quantitative estimate of drug-likeness (QED) is 0.807. The molecule has 0 radical (unpaired) electrons. The van der Waals surface area contributed by atoms with E-state index in [0.29, 0.717) is 12.0 Å². The molecule has 0 aliphatic rings. The number of rotatable bonds is 5. The van der Waals surface area contributed by atoms with Crippen LogP contribution in [0.25, 0.3) is 0 Å². The van der Waals surface area contributed by atoms with Gasteiger partial charge >= 0.3 is 6.18 Å². The van der Waals surface area contributed by atoms with Crippen molar-refractivity contribution in [3.8, 4) is 0 Å². The second kappa shape index (κ2) is 7.23. The Hall–Kier alpha value is -2.41. The molecule has 2 aromatic carbocycles. The fourth-order valence-electron chi connectivity index (χ4n) is 2.32. The Morgan fingerprint density at radius 2 is 1.52 bits per heavy atom. The summed E-state index contributed by atoms with van der Waals surface area (Å²) in [5.74, 6) is -2.09. The van der Waals surface area contributed by atoms with E-state index in [0.717, 1.165) is 29.8 Å². The first-order chi connectivity index (χ1) is 11.7. The minimum atomic E-state index is -5.20. The molecule has 1 atom stereocenters. The lowest BCUT2D eigenvalue weighted by Gasteiger charge is -2.29. The van der Waals surface area contributed by atoms with Crippen LogP contribution >= 0.6 is 0 Å². The second-order valence-electron chi connectivity index (χ2n) is 5.57. The van der Waals surface area contributed by atoms with E-state index in [4.69, 9.17) is 0 Å². The van der Waals surface area contributed by atoms with Gasteiger partial charge in [-0.2, -0.15) is 13.2 Å². The number of benzene rings is 2. The van der Waals surface area contributed by atoms with Gasteiger partial charge in [0.1, 0.15) is 5.82 Å². The van der Waals surface area contributed by atoms with E-state index in [-0.39, 0.29) is 6.54 Å². The van der Waals surface area contributed by atoms with Gasteiger partial charge < -0.3 is 10.4 Å². The molecular weight excluding hydrogens is 338 g/mol. The van der Waals surface area contributed by atoms with Crippen LogP contribution in [0.4, 0.5) is 17.6 Å². The van der Waals surface area contributed by atoms with E-state index in [1.54, 1.807) is 0 Å². The van der Waals surface area contributed by atoms with Gasteiger partial charge in [0.2, 0.25) is 0 Å². The molecule has 25 heavy (non-hydrogen) atoms. The van der Waals surface area contributed by atoms with Gasteiger partial charge in [-0.1, -0.05) is 43.3 Å². The zero-order valence-corrected chi connectivity index (χ0v) is 13.4. The number of hydrogen-bond donors (Lipinski definition) is 2. The van der Waals surface area contributed by atoms with Gasteiger partial charge in [0.05, 0.1) is 0 Å². The standard InChI is InChI=1S/C18H17F4NO2/c1-2-12-3-7-14(8-4-12)17(25,18(20,21)22)16(24)23-11-13-5-9-15(19)10-6-13/h3-10,25H,2,11H2,1H3,(H,23,24). The van der Waals surface area contributed by atoms with Crippen molar-refractivity contribution in [2.45, 2.75) is 31.7 Å². The first kappa shape index (κ1) is 18.9. The third-order valence-electron chi connectivity index (χ3n) is 3.89. The molecule has 2 N–H and O–H groups in total. The van der Waals surface area contributed by atoms with Crippen molar-refractivity contribution in [2.24, 2.45) is 0 Å². The van der Waals surface area contributed by atoms with Gasteiger partial charge in [-0.25, -0.2) is 4.39 Å². The molecular formula is C18H17F4NO2. The maximum atomic E-state index is 13.4. The highest BCUT2D eigenvalue weighted by molar-refractivity contribution is 5.87. The highest BCUT2D eigenvalue weighted by atomic mass is 19.4. The van der Waals surface area contributed by atoms with Gasteiger partial charge in [0.15, 0.2) is 0 Å². The minimum absolute atomic E-state index is 0.273. The maximum Gasteiger partial charge on any atom is 0.430 e. The van der Waals surface area contributed by atoms with Crippen molar-refractivity contribution in [3.05, 3.63) is 71.0 Å². The first-order valence-corrected chi connectivity index (χ1v) is 7.59. The Balaban J connectivity index is 2.26. The lowest BCUT2D eigenvalue weighted by molar-refractivity contribution is -0.257. The summed E-state index contributed by atoms with van der Waals surface area (Å²) in [6.07, 6.45) is -4.59. The van der Waals surface area contributed by atoms with Crippen LogP contribution in [0.3, 0.4) is 0 Å². The van der Waals surface area contributed by atoms with Crippen LogP contribution in [0.5, 0.6) is 0 Å². The molecule has 1 unspecified atom stereocenters. The third kappa shape index (κ3) is 3.99. The zero-order chi connectivity index (χ0) is 18.7. The fourth-order valence-corrected chi connectivity index (χ4v) is 2.32. The van der Waals surface area contributed by atoms with Crippen molar-refractivity contribution >= 4 is 5.91 Å². The summed E-state index contributed by atoms with van der Waals surface area (Å²) in [6.45, 7) is 1.56. The SMILES string of the molecule is CCc1ccc(C(O)(C(=O)NCc2ccc(F)cc2)C(F)(F)F)cc1. The second-order valence-corrected chi connectivity index (χ2v) is 5.57. The van der Waals surface area contributed by atoms with Gasteiger partial charge in [-0.05, 0) is 29.7 Å². The molecule has 0 saturated heterocycles. The van der Waals surface area contributed by atoms with Crippen LogP contribution in [0, 0.1) is 5.82 Å². The number of hydrogen-bond acceptors (Lipinski definition) is 2. The molecule has 0 aromatic heterocycles. The van der Waals surface area contributed by atoms with E-state index in [9.17, 15) is 27.5 Å². The molecule has 1 amide bonds. The predicted molar refractivity (Wildman–Crippen MR) is 84.0 cm³/mol. The Kier molecular flexibility index (Phi) is 5.47. The van der Waals surface area contributed by atoms with Crippen LogP contribution in [0.1, 0.15) is 23.6 Å². The average Bonchev–Trinajstić information content (AvgIpc) is 2.59. The first-order valence-electron chi connectivity index (χ1n) is 7.59. The molecule has 0 aliphatic carbocycles. The lowest BCUT2D eigenvalue weighted by atomic mass is 9.91. The molecule has 2 aromatic rings. The Morgan fingerprint density at radius 1 is 1.00 bits per heavy atom. The molecule has 3 nitrogen and oxygen atoms in total. The maximum absolute atomic E-state index is 13.4. The molecule has 134 valence electrons. The van der Waals surface area contributed by atoms with Gasteiger partial charge in [0, 0.05) is 12.1 Å². The van der Waals surface area contributed by atoms with Gasteiger partial charge in [-0.15, -0.1) is 0 Å². The van der Waals surface area contributed by atoms with Crippen LogP contribution in [0.2, 0.25) is 0 Å². The topological polar surface area (TPSA) is 49.3 Å². The third-order valence-corrected chi connectivity index (χ3v) is 3.89. The Bertz CT molecular complexity index is 726. The van der Waals surface area contributed by atoms with Crippen LogP contribution in [0.15, 0.2) is 48.5 Å². The van der Waals surface area contributed by atoms with Crippen LogP contribution < -0.4 is 5.32 Å². The fraction of sp³-hybridized carbons (Fsp3) is 0.278. The predicted octanol–water partition coefficient (Wildman–Crippen LogP) is 3.45. The van der Waals surface area contributed by atoms with Crippen molar-refractivity contribution in [3.63, 3.8) is 0 Å². The number of carbonyl (C=O) groups is 1. The smallest absolute Gasteiger partial charge is 0.369 e. The van der Waals surface area contributed by atoms with E-state index in [1.807, 2.05) is 6.92 Å². The van der Waals surface area contributed by atoms with Crippen molar-refractivity contribution in [1.29, 1.82) is 0 Å². The molecule has 0 bridgehead atoms. The van der Waals surface area contributed by atoms with E-state index in [1.165, 1.54) is 24.3 Å². The molecule has 0 heterocycles. The number of carbonyl (C=O) groups excluding carboxylic acids is 1. The number of aryl methyl sites for hydroxylation is 1. The van der Waals surface area contributed by atoms with Gasteiger partial charge in [-0.3, -0.25) is 4.79 Å². The number of halogens is 4. The summed E-state index contributed by atoms with van der Waals surface area (Å²) in [7, 11) is 0. The average molecular weight is 355 g/mol. The van der Waals surface area contributed by atoms with E-state index >= 15 is 0 Å². The molecule has 2 rings (SSSR count). The van der Waals surface area contributed by atoms with Crippen molar-refractivity contribution in [2.75, 3.05) is 0 Å². The summed E-state index contributed by atoms with van der Waals surface area (Å²) in [5.41, 5.74) is -3.05. The summed E-state index contributed by atoms with van der Waals surface area (Å²) in [6, 6.07) is 9.95. The van der Waals surface area contributed by atoms with Crippen molar-refractivity contribution < 1.29 is 27.5 Å². The summed E-state index contributed by atoms with van der Waals surface area (Å²) in [5, 5.41) is 12.2. The summed E-state index contributed by atoms with van der Waals surface area (Å²) in [4.78, 5) is 12.2. The molecule has 0 fully saturated rings. The highest BCUT2D eigenvalue weighted by Crippen LogP contribution is 2.39. The van der Waals surface area contributed by atoms with Crippen LogP contribution in [-0.2, 0) is 23.4 Å². The number of aliphatic hydroxyl groups is 1. The number of nitrogens with one attached hydrogen (secondary N) is 1. The summed E-state index contributed by atoms with van der Waals surface area (Å²) < 4.78 is 53.2. The number of amides is 1. The lowest BCUT2D eigenvalue weighted by Crippen LogP contribution is -2.54. The molecule has 0 saturated carbocycles. The Labute approximate surface area is 142 Å². The van der Waals surface area contributed by atoms with E-state index in [2.05, 4.69) is 5.32 Å². The normalized spacial score (nSPS) is 14.0. The molecule has 0 aliphatic heterocycles. The van der Waals surface area contributed by atoms with Gasteiger partial charge in [0.25, 0.3) is 11.5 Å². The summed E-state index contributed by atoms with van der Waals surface area (Å²) >= 11 is 0.